The molecule has 0 fully saturated rings. The molecule has 1 aliphatic rings. The molecule has 2 aromatic carbocycles. The number of benzene rings is 2. The molecule has 0 spiro atoms. The molecule has 0 N–H and O–H groups in total. The van der Waals surface area contributed by atoms with Gasteiger partial charge in [-0.1, -0.05) is 57.8 Å². The normalized spacial score (nSPS) is 15.3. The summed E-state index contributed by atoms with van der Waals surface area (Å²) in [5, 5.41) is 3.74. The third kappa shape index (κ3) is 4.19. The Morgan fingerprint density at radius 1 is 0.912 bits per heavy atom. The van der Waals surface area contributed by atoms with E-state index < -0.39 is 0 Å². The Morgan fingerprint density at radius 3 is 2.44 bits per heavy atom. The summed E-state index contributed by atoms with van der Waals surface area (Å²) in [4.78, 5) is 17.0. The Labute approximate surface area is 214 Å². The summed E-state index contributed by atoms with van der Waals surface area (Å²) in [5.74, 6) is 0.686. The molecule has 0 bridgehead atoms. The Hall–Kier alpha value is -2.88. The van der Waals surface area contributed by atoms with Crippen LogP contribution in [0, 0.1) is 13.0 Å². The molecular formula is C29H28IrN4-2. The monoisotopic (exact) mass is 625 g/mol. The zero-order valence-corrected chi connectivity index (χ0v) is 22.6. The van der Waals surface area contributed by atoms with Crippen LogP contribution in [0.4, 0.5) is 0 Å². The fraction of sp³-hybridized carbons (Fsp3) is 0.276. The zero-order chi connectivity index (χ0) is 23.2. The van der Waals surface area contributed by atoms with Crippen LogP contribution >= 0.6 is 0 Å². The molecule has 3 heterocycles. The van der Waals surface area contributed by atoms with Crippen molar-refractivity contribution in [3.05, 3.63) is 90.0 Å². The van der Waals surface area contributed by atoms with Crippen LogP contribution in [0.5, 0.6) is 0 Å². The van der Waals surface area contributed by atoms with E-state index in [0.29, 0.717) is 5.82 Å². The molecule has 1 aliphatic carbocycles. The van der Waals surface area contributed by atoms with Crippen LogP contribution < -0.4 is 4.98 Å². The fourth-order valence-corrected chi connectivity index (χ4v) is 5.52. The second-order valence-electron chi connectivity index (χ2n) is 10.1. The molecule has 5 heteroatoms. The first-order valence-corrected chi connectivity index (χ1v) is 11.4. The summed E-state index contributed by atoms with van der Waals surface area (Å²) >= 11 is 0. The fourth-order valence-electron chi connectivity index (χ4n) is 5.52. The SMILES string of the molecule is Cc1cc2c3c(cnc2c2[c-]cccc12)C(C)(C)CC3(C)C.[Ir].c1ccc(-c2ncc[n-]2)nc1. The molecule has 6 rings (SSSR count). The molecule has 0 atom stereocenters. The molecule has 0 unspecified atom stereocenters. The van der Waals surface area contributed by atoms with E-state index in [4.69, 9.17) is 4.98 Å². The van der Waals surface area contributed by atoms with Gasteiger partial charge in [0.1, 0.15) is 0 Å². The molecule has 4 nitrogen and oxygen atoms in total. The molecule has 1 radical (unpaired) electrons. The van der Waals surface area contributed by atoms with E-state index in [1.807, 2.05) is 24.3 Å². The van der Waals surface area contributed by atoms with E-state index in [2.05, 4.69) is 80.0 Å². The van der Waals surface area contributed by atoms with Crippen LogP contribution in [0.2, 0.25) is 0 Å². The van der Waals surface area contributed by atoms with Gasteiger partial charge in [0, 0.05) is 32.5 Å². The van der Waals surface area contributed by atoms with E-state index in [-0.39, 0.29) is 30.9 Å². The maximum absolute atomic E-state index is 4.85. The summed E-state index contributed by atoms with van der Waals surface area (Å²) < 4.78 is 0. The number of aromatic nitrogens is 4. The molecule has 0 saturated carbocycles. The number of pyridine rings is 2. The number of rotatable bonds is 1. The zero-order valence-electron chi connectivity index (χ0n) is 20.2. The molecule has 5 aromatic rings. The van der Waals surface area contributed by atoms with Crippen molar-refractivity contribution in [1.82, 2.24) is 19.9 Å². The van der Waals surface area contributed by atoms with Gasteiger partial charge in [-0.15, -0.1) is 35.0 Å². The van der Waals surface area contributed by atoms with E-state index in [1.165, 1.54) is 33.9 Å². The van der Waals surface area contributed by atoms with Crippen molar-refractivity contribution >= 4 is 21.7 Å². The van der Waals surface area contributed by atoms with Gasteiger partial charge in [-0.05, 0) is 64.2 Å². The standard InChI is InChI=1S/C21H22N.C8H6N3.Ir/c1-13-10-16-18-17(20(2,3)12-21(18,4)5)11-22-19(16)15-9-7-6-8-14(13)15;1-2-4-9-7(3-1)8-10-5-6-11-8;/h6-8,10-11H,12H2,1-5H3;1-6H;/q2*-1;. The maximum Gasteiger partial charge on any atom is 0.0620 e. The van der Waals surface area contributed by atoms with Crippen LogP contribution in [0.3, 0.4) is 0 Å². The minimum absolute atomic E-state index is 0. The number of nitrogens with zero attached hydrogens (tertiary/aromatic N) is 4. The largest absolute Gasteiger partial charge is 0.441 e. The van der Waals surface area contributed by atoms with Gasteiger partial charge in [-0.3, -0.25) is 4.98 Å². The first-order chi connectivity index (χ1) is 15.8. The smallest absolute Gasteiger partial charge is 0.0620 e. The average Bonchev–Trinajstić information content (AvgIpc) is 3.40. The van der Waals surface area contributed by atoms with Gasteiger partial charge in [0.25, 0.3) is 0 Å². The first-order valence-electron chi connectivity index (χ1n) is 11.4. The minimum atomic E-state index is 0. The molecule has 34 heavy (non-hydrogen) atoms. The van der Waals surface area contributed by atoms with Gasteiger partial charge in [0.05, 0.1) is 5.69 Å². The number of hydrogen-bond donors (Lipinski definition) is 0. The predicted octanol–water partition coefficient (Wildman–Crippen LogP) is 6.55. The summed E-state index contributed by atoms with van der Waals surface area (Å²) in [6.45, 7) is 11.6. The van der Waals surface area contributed by atoms with Crippen molar-refractivity contribution in [2.24, 2.45) is 0 Å². The first kappa shape index (κ1) is 24.3. The van der Waals surface area contributed by atoms with Gasteiger partial charge in [0.15, 0.2) is 0 Å². The van der Waals surface area contributed by atoms with Gasteiger partial charge >= 0.3 is 0 Å². The van der Waals surface area contributed by atoms with Crippen LogP contribution in [0.1, 0.15) is 50.8 Å². The summed E-state index contributed by atoms with van der Waals surface area (Å²) in [6.07, 6.45) is 8.33. The average molecular weight is 625 g/mol. The predicted molar refractivity (Wildman–Crippen MR) is 134 cm³/mol. The number of aryl methyl sites for hydroxylation is 1. The molecule has 3 aromatic heterocycles. The molecular weight excluding hydrogens is 597 g/mol. The van der Waals surface area contributed by atoms with E-state index >= 15 is 0 Å². The van der Waals surface area contributed by atoms with Crippen molar-refractivity contribution in [3.63, 3.8) is 0 Å². The third-order valence-electron chi connectivity index (χ3n) is 6.64. The third-order valence-corrected chi connectivity index (χ3v) is 6.64. The van der Waals surface area contributed by atoms with Crippen LogP contribution in [0.15, 0.2) is 67.3 Å². The summed E-state index contributed by atoms with van der Waals surface area (Å²) in [6, 6.07) is 17.6. The molecule has 0 amide bonds. The number of fused-ring (bicyclic) bond motifs is 5. The topological polar surface area (TPSA) is 52.8 Å². The van der Waals surface area contributed by atoms with Gasteiger partial charge in [-0.25, -0.2) is 0 Å². The summed E-state index contributed by atoms with van der Waals surface area (Å²) in [5.41, 5.74) is 6.53. The van der Waals surface area contributed by atoms with Gasteiger partial charge < -0.3 is 15.0 Å². The Kier molecular flexibility index (Phi) is 6.46. The van der Waals surface area contributed by atoms with Crippen LogP contribution in [0.25, 0.3) is 33.2 Å². The maximum atomic E-state index is 4.85. The molecule has 175 valence electrons. The molecule has 0 aliphatic heterocycles. The van der Waals surface area contributed by atoms with Gasteiger partial charge in [-0.2, -0.15) is 0 Å². The number of hydrogen-bond acceptors (Lipinski definition) is 3. The van der Waals surface area contributed by atoms with E-state index in [9.17, 15) is 0 Å². The van der Waals surface area contributed by atoms with Gasteiger partial charge in [0.2, 0.25) is 0 Å². The second kappa shape index (κ2) is 9.05. The Balaban J connectivity index is 0.000000193. The molecule has 0 saturated heterocycles. The van der Waals surface area contributed by atoms with E-state index in [1.54, 1.807) is 18.6 Å². The van der Waals surface area contributed by atoms with Crippen molar-refractivity contribution in [2.75, 3.05) is 0 Å². The van der Waals surface area contributed by atoms with Crippen LogP contribution in [-0.2, 0) is 30.9 Å². The minimum Gasteiger partial charge on any atom is -0.441 e. The Morgan fingerprint density at radius 2 is 1.74 bits per heavy atom. The van der Waals surface area contributed by atoms with Crippen molar-refractivity contribution in [1.29, 1.82) is 0 Å². The van der Waals surface area contributed by atoms with E-state index in [0.717, 1.165) is 16.6 Å². The van der Waals surface area contributed by atoms with Crippen LogP contribution in [-0.4, -0.2) is 15.0 Å². The van der Waals surface area contributed by atoms with Crippen molar-refractivity contribution < 1.29 is 20.1 Å². The van der Waals surface area contributed by atoms with Crippen molar-refractivity contribution in [2.45, 2.75) is 51.9 Å². The quantitative estimate of drug-likeness (QED) is 0.157. The summed E-state index contributed by atoms with van der Waals surface area (Å²) in [7, 11) is 0. The number of imidazole rings is 1. The second-order valence-corrected chi connectivity index (χ2v) is 10.1. The Bertz CT molecular complexity index is 1440. The van der Waals surface area contributed by atoms with Crippen molar-refractivity contribution in [3.8, 4) is 11.5 Å².